The van der Waals surface area contributed by atoms with Gasteiger partial charge in [0, 0.05) is 31.7 Å². The molecule has 2 rings (SSSR count). The number of benzene rings is 1. The topological polar surface area (TPSA) is 68.5 Å². The highest BCUT2D eigenvalue weighted by Crippen LogP contribution is 2.24. The van der Waals surface area contributed by atoms with Gasteiger partial charge in [-0.2, -0.15) is 0 Å². The molecule has 0 saturated carbocycles. The van der Waals surface area contributed by atoms with Crippen LogP contribution in [0.25, 0.3) is 0 Å². The van der Waals surface area contributed by atoms with Crippen LogP contribution in [0.3, 0.4) is 0 Å². The van der Waals surface area contributed by atoms with Gasteiger partial charge in [0.05, 0.1) is 17.9 Å². The quantitative estimate of drug-likeness (QED) is 0.675. The largest absolute Gasteiger partial charge is 0.462 e. The monoisotopic (exact) mass is 285 g/mol. The first-order valence-corrected chi connectivity index (χ1v) is 6.78. The van der Waals surface area contributed by atoms with Crippen LogP contribution in [0.2, 0.25) is 0 Å². The predicted octanol–water partition coefficient (Wildman–Crippen LogP) is 2.48. The minimum Gasteiger partial charge on any atom is -0.462 e. The summed E-state index contributed by atoms with van der Waals surface area (Å²) in [7, 11) is 1.93. The Kier molecular flexibility index (Phi) is 4.77. The van der Waals surface area contributed by atoms with Gasteiger partial charge in [-0.25, -0.2) is 4.79 Å². The van der Waals surface area contributed by atoms with Crippen LogP contribution in [-0.2, 0) is 11.3 Å². The van der Waals surface area contributed by atoms with E-state index in [2.05, 4.69) is 4.98 Å². The molecule has 1 aromatic carbocycles. The molecule has 0 unspecified atom stereocenters. The van der Waals surface area contributed by atoms with Gasteiger partial charge in [-0.1, -0.05) is 0 Å². The van der Waals surface area contributed by atoms with Crippen LogP contribution in [0.1, 0.15) is 22.8 Å². The van der Waals surface area contributed by atoms with E-state index in [1.807, 2.05) is 30.1 Å². The Labute approximate surface area is 124 Å². The molecule has 0 saturated heterocycles. The van der Waals surface area contributed by atoms with Gasteiger partial charge in [0.1, 0.15) is 0 Å². The number of carbonyl (C=O) groups excluding carboxylic acids is 1. The third-order valence-electron chi connectivity index (χ3n) is 3.10. The van der Waals surface area contributed by atoms with E-state index >= 15 is 0 Å². The smallest absolute Gasteiger partial charge is 0.340 e. The fourth-order valence-corrected chi connectivity index (χ4v) is 2.11. The molecular formula is C16H19N3O2. The second kappa shape index (κ2) is 6.74. The SMILES string of the molecule is CCOC(=O)c1cc(N)ccc1N(C)Cc1ccncc1. The minimum absolute atomic E-state index is 0.334. The minimum atomic E-state index is -0.360. The first-order chi connectivity index (χ1) is 10.1. The number of hydrogen-bond donors (Lipinski definition) is 1. The van der Waals surface area contributed by atoms with Gasteiger partial charge in [-0.05, 0) is 42.8 Å². The average molecular weight is 285 g/mol. The molecule has 2 aromatic rings. The van der Waals surface area contributed by atoms with Crippen molar-refractivity contribution in [1.82, 2.24) is 4.98 Å². The molecule has 1 heterocycles. The lowest BCUT2D eigenvalue weighted by Gasteiger charge is -2.22. The third kappa shape index (κ3) is 3.72. The van der Waals surface area contributed by atoms with Gasteiger partial charge in [0.2, 0.25) is 0 Å². The Hall–Kier alpha value is -2.56. The van der Waals surface area contributed by atoms with E-state index in [1.54, 1.807) is 31.5 Å². The first-order valence-electron chi connectivity index (χ1n) is 6.78. The number of hydrogen-bond acceptors (Lipinski definition) is 5. The Bertz CT molecular complexity index is 614. The van der Waals surface area contributed by atoms with Crippen molar-refractivity contribution < 1.29 is 9.53 Å². The van der Waals surface area contributed by atoms with Crippen LogP contribution < -0.4 is 10.6 Å². The van der Waals surface area contributed by atoms with Gasteiger partial charge >= 0.3 is 5.97 Å². The van der Waals surface area contributed by atoms with E-state index < -0.39 is 0 Å². The Balaban J connectivity index is 2.27. The summed E-state index contributed by atoms with van der Waals surface area (Å²) < 4.78 is 5.09. The Morgan fingerprint density at radius 3 is 2.67 bits per heavy atom. The zero-order valence-corrected chi connectivity index (χ0v) is 12.2. The number of anilines is 2. The number of pyridine rings is 1. The molecule has 0 amide bonds. The lowest BCUT2D eigenvalue weighted by Crippen LogP contribution is -2.20. The number of rotatable bonds is 5. The van der Waals surface area contributed by atoms with E-state index in [4.69, 9.17) is 10.5 Å². The molecule has 2 N–H and O–H groups in total. The lowest BCUT2D eigenvalue weighted by atomic mass is 10.1. The van der Waals surface area contributed by atoms with Crippen LogP contribution >= 0.6 is 0 Å². The molecule has 0 fully saturated rings. The van der Waals surface area contributed by atoms with E-state index in [9.17, 15) is 4.79 Å². The van der Waals surface area contributed by atoms with E-state index in [0.29, 0.717) is 24.4 Å². The summed E-state index contributed by atoms with van der Waals surface area (Å²) in [5.74, 6) is -0.360. The second-order valence-electron chi connectivity index (χ2n) is 4.71. The fraction of sp³-hybridized carbons (Fsp3) is 0.250. The standard InChI is InChI=1S/C16H19N3O2/c1-3-21-16(20)14-10-13(17)4-5-15(14)19(2)11-12-6-8-18-9-7-12/h4-10H,3,11,17H2,1-2H3. The fourth-order valence-electron chi connectivity index (χ4n) is 2.11. The summed E-state index contributed by atoms with van der Waals surface area (Å²) in [6.45, 7) is 2.78. The number of nitrogen functional groups attached to an aromatic ring is 1. The predicted molar refractivity (Wildman–Crippen MR) is 83.2 cm³/mol. The van der Waals surface area contributed by atoms with E-state index in [-0.39, 0.29) is 5.97 Å². The van der Waals surface area contributed by atoms with Gasteiger partial charge in [-0.3, -0.25) is 4.98 Å². The Morgan fingerprint density at radius 1 is 1.29 bits per heavy atom. The van der Waals surface area contributed by atoms with Gasteiger partial charge in [0.15, 0.2) is 0 Å². The zero-order valence-electron chi connectivity index (χ0n) is 12.2. The Morgan fingerprint density at radius 2 is 2.00 bits per heavy atom. The van der Waals surface area contributed by atoms with Gasteiger partial charge in [-0.15, -0.1) is 0 Å². The maximum Gasteiger partial charge on any atom is 0.340 e. The van der Waals surface area contributed by atoms with Crippen molar-refractivity contribution in [3.05, 3.63) is 53.9 Å². The van der Waals surface area contributed by atoms with Crippen LogP contribution in [0.5, 0.6) is 0 Å². The summed E-state index contributed by atoms with van der Waals surface area (Å²) in [6, 6.07) is 9.15. The highest BCUT2D eigenvalue weighted by atomic mass is 16.5. The molecule has 0 aliphatic rings. The second-order valence-corrected chi connectivity index (χ2v) is 4.71. The van der Waals surface area contributed by atoms with E-state index in [0.717, 1.165) is 11.3 Å². The van der Waals surface area contributed by atoms with Gasteiger partial charge < -0.3 is 15.4 Å². The molecule has 0 aliphatic carbocycles. The molecule has 1 aromatic heterocycles. The van der Waals surface area contributed by atoms with Crippen LogP contribution in [0.4, 0.5) is 11.4 Å². The molecule has 0 aliphatic heterocycles. The summed E-state index contributed by atoms with van der Waals surface area (Å²) in [4.78, 5) is 18.0. The number of carbonyl (C=O) groups is 1. The third-order valence-corrected chi connectivity index (χ3v) is 3.10. The zero-order chi connectivity index (χ0) is 15.2. The summed E-state index contributed by atoms with van der Waals surface area (Å²) in [5, 5.41) is 0. The molecule has 21 heavy (non-hydrogen) atoms. The number of nitrogens with zero attached hydrogens (tertiary/aromatic N) is 2. The summed E-state index contributed by atoms with van der Waals surface area (Å²) in [5.41, 5.74) is 8.70. The van der Waals surface area contributed by atoms with Crippen molar-refractivity contribution in [2.24, 2.45) is 0 Å². The van der Waals surface area contributed by atoms with Crippen molar-refractivity contribution in [2.75, 3.05) is 24.3 Å². The number of nitrogens with two attached hydrogens (primary N) is 1. The van der Waals surface area contributed by atoms with E-state index in [1.165, 1.54) is 0 Å². The maximum absolute atomic E-state index is 12.1. The molecule has 0 spiro atoms. The van der Waals surface area contributed by atoms with Crippen molar-refractivity contribution >= 4 is 17.3 Å². The van der Waals surface area contributed by atoms with Crippen LogP contribution in [-0.4, -0.2) is 24.6 Å². The van der Waals surface area contributed by atoms with Crippen molar-refractivity contribution in [2.45, 2.75) is 13.5 Å². The van der Waals surface area contributed by atoms with Crippen LogP contribution in [0.15, 0.2) is 42.7 Å². The summed E-state index contributed by atoms with van der Waals surface area (Å²) >= 11 is 0. The molecule has 0 radical (unpaired) electrons. The van der Waals surface area contributed by atoms with Crippen molar-refractivity contribution in [3.63, 3.8) is 0 Å². The average Bonchev–Trinajstić information content (AvgIpc) is 2.48. The molecule has 110 valence electrons. The highest BCUT2D eigenvalue weighted by molar-refractivity contribution is 5.97. The van der Waals surface area contributed by atoms with Crippen LogP contribution in [0, 0.1) is 0 Å². The molecule has 0 atom stereocenters. The van der Waals surface area contributed by atoms with Gasteiger partial charge in [0.25, 0.3) is 0 Å². The number of aromatic nitrogens is 1. The number of esters is 1. The first kappa shape index (κ1) is 14.8. The summed E-state index contributed by atoms with van der Waals surface area (Å²) in [6.07, 6.45) is 3.50. The van der Waals surface area contributed by atoms with Crippen molar-refractivity contribution in [3.8, 4) is 0 Å². The molecule has 5 nitrogen and oxygen atoms in total. The molecule has 0 bridgehead atoms. The normalized spacial score (nSPS) is 10.2. The highest BCUT2D eigenvalue weighted by Gasteiger charge is 2.16. The lowest BCUT2D eigenvalue weighted by molar-refractivity contribution is 0.0527. The molecule has 5 heteroatoms. The number of ether oxygens (including phenoxy) is 1. The maximum atomic E-state index is 12.1. The molecular weight excluding hydrogens is 266 g/mol. The van der Waals surface area contributed by atoms with Crippen molar-refractivity contribution in [1.29, 1.82) is 0 Å².